The molecule has 2 heterocycles. The summed E-state index contributed by atoms with van der Waals surface area (Å²) >= 11 is 0. The van der Waals surface area contributed by atoms with Gasteiger partial charge in [0.05, 0.1) is 12.2 Å². The van der Waals surface area contributed by atoms with E-state index < -0.39 is 0 Å². The number of urea groups is 1. The van der Waals surface area contributed by atoms with E-state index in [0.29, 0.717) is 18.8 Å². The van der Waals surface area contributed by atoms with E-state index in [1.807, 2.05) is 38.1 Å². The fraction of sp³-hybridized carbons (Fsp3) is 0.409. The third kappa shape index (κ3) is 3.33. The van der Waals surface area contributed by atoms with Crippen LogP contribution in [0.5, 0.6) is 0 Å². The van der Waals surface area contributed by atoms with Crippen molar-refractivity contribution in [2.45, 2.75) is 45.9 Å². The largest absolute Gasteiger partial charge is 0.372 e. The normalized spacial score (nSPS) is 20.3. The second-order valence-corrected chi connectivity index (χ2v) is 7.95. The number of morpholine rings is 1. The number of amides is 2. The first kappa shape index (κ1) is 18.7. The number of ether oxygens (including phenoxy) is 1. The van der Waals surface area contributed by atoms with Crippen LogP contribution in [0, 0.1) is 5.82 Å². The number of fused-ring (bicyclic) bond motifs is 3. The molecular formula is C22H26FN3O2. The van der Waals surface area contributed by atoms with Crippen molar-refractivity contribution in [3.8, 4) is 0 Å². The van der Waals surface area contributed by atoms with Crippen molar-refractivity contribution in [3.05, 3.63) is 42.2 Å². The maximum Gasteiger partial charge on any atom is 0.322 e. The lowest BCUT2D eigenvalue weighted by atomic mass is 10.1. The van der Waals surface area contributed by atoms with Gasteiger partial charge in [-0.2, -0.15) is 0 Å². The predicted molar refractivity (Wildman–Crippen MR) is 110 cm³/mol. The standard InChI is InChI=1S/C22H26FN3O2/c1-13(2)26-20-7-5-16(23)9-18(20)19-10-17(6-8-21(19)26)24-22(27)25-11-14(3)28-15(4)12-25/h5-10,13-15H,11-12H2,1-4H3,(H,24,27)/t14-,15+. The first-order valence-corrected chi connectivity index (χ1v) is 9.78. The van der Waals surface area contributed by atoms with Gasteiger partial charge in [-0.3, -0.25) is 0 Å². The molecule has 0 saturated carbocycles. The Morgan fingerprint density at radius 2 is 1.68 bits per heavy atom. The number of halogens is 1. The molecule has 28 heavy (non-hydrogen) atoms. The van der Waals surface area contributed by atoms with Crippen LogP contribution < -0.4 is 5.32 Å². The van der Waals surface area contributed by atoms with Gasteiger partial charge in [0.15, 0.2) is 0 Å². The summed E-state index contributed by atoms with van der Waals surface area (Å²) in [4.78, 5) is 14.5. The van der Waals surface area contributed by atoms with E-state index in [1.165, 1.54) is 6.07 Å². The number of anilines is 1. The maximum absolute atomic E-state index is 13.9. The van der Waals surface area contributed by atoms with Crippen molar-refractivity contribution >= 4 is 33.5 Å². The van der Waals surface area contributed by atoms with Gasteiger partial charge in [0.2, 0.25) is 0 Å². The van der Waals surface area contributed by atoms with Crippen molar-refractivity contribution < 1.29 is 13.9 Å². The summed E-state index contributed by atoms with van der Waals surface area (Å²) in [6, 6.07) is 10.8. The zero-order valence-electron chi connectivity index (χ0n) is 16.7. The summed E-state index contributed by atoms with van der Waals surface area (Å²) < 4.78 is 21.8. The minimum absolute atomic E-state index is 0.0176. The van der Waals surface area contributed by atoms with Gasteiger partial charge in [0.1, 0.15) is 5.82 Å². The number of rotatable bonds is 2. The predicted octanol–water partition coefficient (Wildman–Crippen LogP) is 5.16. The number of nitrogens with zero attached hydrogens (tertiary/aromatic N) is 2. The molecule has 1 aliphatic rings. The van der Waals surface area contributed by atoms with Crippen LogP contribution in [0.1, 0.15) is 33.7 Å². The van der Waals surface area contributed by atoms with Gasteiger partial charge in [0.25, 0.3) is 0 Å². The Hall–Kier alpha value is -2.60. The molecule has 148 valence electrons. The van der Waals surface area contributed by atoms with Gasteiger partial charge in [-0.25, -0.2) is 9.18 Å². The summed E-state index contributed by atoms with van der Waals surface area (Å²) in [5.74, 6) is -0.263. The molecule has 2 atom stereocenters. The molecule has 1 N–H and O–H groups in total. The molecule has 0 spiro atoms. The van der Waals surface area contributed by atoms with E-state index in [-0.39, 0.29) is 30.1 Å². The summed E-state index contributed by atoms with van der Waals surface area (Å²) in [5, 5.41) is 4.78. The minimum atomic E-state index is -0.263. The highest BCUT2D eigenvalue weighted by Gasteiger charge is 2.26. The van der Waals surface area contributed by atoms with Crippen LogP contribution in [-0.2, 0) is 4.74 Å². The first-order valence-electron chi connectivity index (χ1n) is 9.78. The Bertz CT molecular complexity index is 1030. The Morgan fingerprint density at radius 3 is 2.32 bits per heavy atom. The molecule has 1 aromatic heterocycles. The molecule has 6 heteroatoms. The zero-order chi connectivity index (χ0) is 20.0. The van der Waals surface area contributed by atoms with Crippen molar-refractivity contribution in [2.24, 2.45) is 0 Å². The van der Waals surface area contributed by atoms with Crippen LogP contribution >= 0.6 is 0 Å². The number of aromatic nitrogens is 1. The van der Waals surface area contributed by atoms with Gasteiger partial charge in [-0.05, 0) is 64.1 Å². The molecule has 0 radical (unpaired) electrons. The number of benzene rings is 2. The van der Waals surface area contributed by atoms with Crippen LogP contribution in [0.3, 0.4) is 0 Å². The lowest BCUT2D eigenvalue weighted by Crippen LogP contribution is -2.49. The number of carbonyl (C=O) groups excluding carboxylic acids is 1. The molecule has 2 amide bonds. The number of carbonyl (C=O) groups is 1. The Labute approximate surface area is 164 Å². The van der Waals surface area contributed by atoms with Crippen molar-refractivity contribution in [1.82, 2.24) is 9.47 Å². The molecule has 1 saturated heterocycles. The highest BCUT2D eigenvalue weighted by atomic mass is 19.1. The lowest BCUT2D eigenvalue weighted by molar-refractivity contribution is -0.0530. The Balaban J connectivity index is 1.70. The lowest BCUT2D eigenvalue weighted by Gasteiger charge is -2.35. The molecule has 1 aliphatic heterocycles. The monoisotopic (exact) mass is 383 g/mol. The topological polar surface area (TPSA) is 46.5 Å². The summed E-state index contributed by atoms with van der Waals surface area (Å²) in [7, 11) is 0. The third-order valence-electron chi connectivity index (χ3n) is 5.24. The van der Waals surface area contributed by atoms with Crippen LogP contribution in [0.15, 0.2) is 36.4 Å². The zero-order valence-corrected chi connectivity index (χ0v) is 16.7. The molecule has 1 fully saturated rings. The van der Waals surface area contributed by atoms with Gasteiger partial charge >= 0.3 is 6.03 Å². The van der Waals surface area contributed by atoms with Crippen molar-refractivity contribution in [1.29, 1.82) is 0 Å². The van der Waals surface area contributed by atoms with E-state index in [4.69, 9.17) is 4.74 Å². The molecule has 0 bridgehead atoms. The highest BCUT2D eigenvalue weighted by Crippen LogP contribution is 2.34. The van der Waals surface area contributed by atoms with E-state index in [9.17, 15) is 9.18 Å². The van der Waals surface area contributed by atoms with Gasteiger partial charge in [0, 0.05) is 46.6 Å². The summed E-state index contributed by atoms with van der Waals surface area (Å²) in [5.41, 5.74) is 2.73. The average Bonchev–Trinajstić information content (AvgIpc) is 2.94. The molecular weight excluding hydrogens is 357 g/mol. The van der Waals surface area contributed by atoms with E-state index >= 15 is 0 Å². The SMILES string of the molecule is CC(C)n1c2ccc(F)cc2c2cc(NC(=O)N3C[C@@H](C)O[C@@H](C)C3)ccc21. The van der Waals surface area contributed by atoms with Gasteiger partial charge in [-0.1, -0.05) is 0 Å². The number of nitrogens with one attached hydrogen (secondary N) is 1. The molecule has 4 rings (SSSR count). The minimum Gasteiger partial charge on any atom is -0.372 e. The van der Waals surface area contributed by atoms with Crippen molar-refractivity contribution in [3.63, 3.8) is 0 Å². The maximum atomic E-state index is 13.9. The third-order valence-corrected chi connectivity index (χ3v) is 5.24. The number of hydrogen-bond donors (Lipinski definition) is 1. The van der Waals surface area contributed by atoms with Gasteiger partial charge < -0.3 is 19.5 Å². The summed E-state index contributed by atoms with van der Waals surface area (Å²) in [6.07, 6.45) is 0.0351. The Morgan fingerprint density at radius 1 is 1.07 bits per heavy atom. The second kappa shape index (κ2) is 7.09. The van der Waals surface area contributed by atoms with E-state index in [2.05, 4.69) is 23.7 Å². The smallest absolute Gasteiger partial charge is 0.322 e. The van der Waals surface area contributed by atoms with Crippen LogP contribution in [0.4, 0.5) is 14.9 Å². The van der Waals surface area contributed by atoms with Crippen LogP contribution in [-0.4, -0.2) is 40.8 Å². The molecule has 5 nitrogen and oxygen atoms in total. The molecule has 2 aromatic carbocycles. The fourth-order valence-corrected chi connectivity index (χ4v) is 4.21. The quantitative estimate of drug-likeness (QED) is 0.665. The van der Waals surface area contributed by atoms with Crippen LogP contribution in [0.2, 0.25) is 0 Å². The second-order valence-electron chi connectivity index (χ2n) is 7.95. The average molecular weight is 383 g/mol. The van der Waals surface area contributed by atoms with Crippen LogP contribution in [0.25, 0.3) is 21.8 Å². The van der Waals surface area contributed by atoms with E-state index in [0.717, 1.165) is 21.8 Å². The van der Waals surface area contributed by atoms with Gasteiger partial charge in [-0.15, -0.1) is 0 Å². The number of hydrogen-bond acceptors (Lipinski definition) is 2. The fourth-order valence-electron chi connectivity index (χ4n) is 4.21. The first-order chi connectivity index (χ1) is 13.3. The van der Waals surface area contributed by atoms with E-state index in [1.54, 1.807) is 11.0 Å². The highest BCUT2D eigenvalue weighted by molar-refractivity contribution is 6.09. The summed E-state index contributed by atoms with van der Waals surface area (Å²) in [6.45, 7) is 9.29. The van der Waals surface area contributed by atoms with Crippen molar-refractivity contribution in [2.75, 3.05) is 18.4 Å². The Kier molecular flexibility index (Phi) is 4.75. The molecule has 0 unspecified atom stereocenters. The molecule has 3 aromatic rings. The molecule has 0 aliphatic carbocycles.